The van der Waals surface area contributed by atoms with Crippen LogP contribution in [0.25, 0.3) is 0 Å². The molecule has 1 heterocycles. The summed E-state index contributed by atoms with van der Waals surface area (Å²) in [4.78, 5) is 13.8. The topological polar surface area (TPSA) is 70.0 Å². The first-order chi connectivity index (χ1) is 9.52. The van der Waals surface area contributed by atoms with Crippen molar-refractivity contribution in [1.29, 1.82) is 0 Å². The molecular formula is C15H29NO4. The number of carbonyl (C=O) groups is 1. The zero-order valence-corrected chi connectivity index (χ0v) is 12.8. The van der Waals surface area contributed by atoms with Crippen molar-refractivity contribution in [1.82, 2.24) is 4.90 Å². The van der Waals surface area contributed by atoms with E-state index in [-0.39, 0.29) is 25.1 Å². The Balaban J connectivity index is 2.54. The monoisotopic (exact) mass is 287 g/mol. The molecule has 5 nitrogen and oxygen atoms in total. The Bertz CT molecular complexity index is 285. The van der Waals surface area contributed by atoms with E-state index in [1.807, 2.05) is 18.9 Å². The molecule has 118 valence electrons. The minimum absolute atomic E-state index is 0.0762. The summed E-state index contributed by atoms with van der Waals surface area (Å²) in [5, 5.41) is 19.2. The van der Waals surface area contributed by atoms with Gasteiger partial charge in [0.25, 0.3) is 0 Å². The number of esters is 1. The fraction of sp³-hybridized carbons (Fsp3) is 0.933. The molecule has 1 aliphatic rings. The van der Waals surface area contributed by atoms with Crippen molar-refractivity contribution in [3.8, 4) is 0 Å². The van der Waals surface area contributed by atoms with Crippen LogP contribution < -0.4 is 0 Å². The number of hydrogen-bond donors (Lipinski definition) is 2. The summed E-state index contributed by atoms with van der Waals surface area (Å²) in [5.41, 5.74) is 0. The van der Waals surface area contributed by atoms with E-state index in [1.54, 1.807) is 0 Å². The van der Waals surface area contributed by atoms with Crippen LogP contribution in [0, 0.1) is 11.8 Å². The minimum atomic E-state index is -0.632. The molecule has 1 saturated heterocycles. The van der Waals surface area contributed by atoms with Crippen LogP contribution in [0.15, 0.2) is 0 Å². The lowest BCUT2D eigenvalue weighted by Crippen LogP contribution is -2.34. The van der Waals surface area contributed by atoms with Gasteiger partial charge >= 0.3 is 5.97 Å². The number of nitrogens with zero attached hydrogens (tertiary/aromatic N) is 1. The Morgan fingerprint density at radius 1 is 1.30 bits per heavy atom. The molecule has 0 aromatic carbocycles. The highest BCUT2D eigenvalue weighted by molar-refractivity contribution is 5.71. The van der Waals surface area contributed by atoms with E-state index >= 15 is 0 Å². The maximum absolute atomic E-state index is 11.8. The number of aliphatic hydroxyl groups is 2. The third kappa shape index (κ3) is 6.68. The van der Waals surface area contributed by atoms with Crippen molar-refractivity contribution >= 4 is 5.97 Å². The summed E-state index contributed by atoms with van der Waals surface area (Å²) >= 11 is 0. The predicted molar refractivity (Wildman–Crippen MR) is 77.3 cm³/mol. The zero-order chi connectivity index (χ0) is 15.0. The number of rotatable bonds is 1. The average Bonchev–Trinajstić information content (AvgIpc) is 2.41. The molecule has 0 radical (unpaired) electrons. The number of carbonyl (C=O) groups excluding carboxylic acids is 1. The van der Waals surface area contributed by atoms with Gasteiger partial charge in [-0.15, -0.1) is 0 Å². The normalized spacial score (nSPS) is 32.4. The fourth-order valence-corrected chi connectivity index (χ4v) is 2.63. The van der Waals surface area contributed by atoms with Gasteiger partial charge in [-0.2, -0.15) is 0 Å². The van der Waals surface area contributed by atoms with Crippen molar-refractivity contribution in [2.45, 2.75) is 45.1 Å². The highest BCUT2D eigenvalue weighted by Crippen LogP contribution is 2.18. The Kier molecular flexibility index (Phi) is 8.11. The van der Waals surface area contributed by atoms with Gasteiger partial charge < -0.3 is 19.8 Å². The van der Waals surface area contributed by atoms with Crippen LogP contribution >= 0.6 is 0 Å². The second-order valence-electron chi connectivity index (χ2n) is 6.07. The summed E-state index contributed by atoms with van der Waals surface area (Å²) in [6.07, 6.45) is 4.05. The molecule has 1 unspecified atom stereocenters. The molecule has 0 aliphatic carbocycles. The summed E-state index contributed by atoms with van der Waals surface area (Å²) in [5.74, 6) is -0.0500. The minimum Gasteiger partial charge on any atom is -0.463 e. The quantitative estimate of drug-likeness (QED) is 0.705. The van der Waals surface area contributed by atoms with Crippen molar-refractivity contribution < 1.29 is 19.7 Å². The number of aliphatic hydroxyl groups excluding tert-OH is 2. The van der Waals surface area contributed by atoms with E-state index in [0.717, 1.165) is 38.6 Å². The molecule has 1 aliphatic heterocycles. The van der Waals surface area contributed by atoms with Crippen LogP contribution in [0.5, 0.6) is 0 Å². The second kappa shape index (κ2) is 9.32. The van der Waals surface area contributed by atoms with Gasteiger partial charge in [-0.05, 0) is 45.2 Å². The summed E-state index contributed by atoms with van der Waals surface area (Å²) in [6, 6.07) is 0. The number of β-amino-alcohol motifs (C(OH)–C–C–N with tert-alkyl or cyclic N) is 1. The van der Waals surface area contributed by atoms with Gasteiger partial charge in [0.1, 0.15) is 12.7 Å². The Morgan fingerprint density at radius 2 is 2.00 bits per heavy atom. The number of hydrogen-bond acceptors (Lipinski definition) is 5. The second-order valence-corrected chi connectivity index (χ2v) is 6.07. The fourth-order valence-electron chi connectivity index (χ4n) is 2.63. The summed E-state index contributed by atoms with van der Waals surface area (Å²) in [6.45, 7) is 3.54. The molecule has 0 aromatic rings. The van der Waals surface area contributed by atoms with Crippen molar-refractivity contribution in [2.75, 3.05) is 33.4 Å². The first-order valence-electron chi connectivity index (χ1n) is 7.67. The maximum Gasteiger partial charge on any atom is 0.308 e. The SMILES string of the molecule is C[C@@H]1CCC[C@@H](CO)CCCN(C)CC(O)COC1=O. The molecule has 0 saturated carbocycles. The van der Waals surface area contributed by atoms with Gasteiger partial charge in [0, 0.05) is 13.2 Å². The van der Waals surface area contributed by atoms with Gasteiger partial charge in [0.05, 0.1) is 5.92 Å². The van der Waals surface area contributed by atoms with Crippen LogP contribution in [-0.4, -0.2) is 60.5 Å². The molecule has 0 aromatic heterocycles. The molecule has 0 spiro atoms. The van der Waals surface area contributed by atoms with Crippen LogP contribution in [0.4, 0.5) is 0 Å². The standard InChI is InChI=1S/C15H29NO4/c1-12-5-3-6-13(10-17)7-4-8-16(2)9-14(18)11-20-15(12)19/h12-14,17-18H,3-11H2,1-2H3/t12-,13-,14?/m1/s1. The Labute approximate surface area is 121 Å². The highest BCUT2D eigenvalue weighted by Gasteiger charge is 2.18. The highest BCUT2D eigenvalue weighted by atomic mass is 16.5. The third-order valence-electron chi connectivity index (χ3n) is 4.00. The smallest absolute Gasteiger partial charge is 0.308 e. The lowest BCUT2D eigenvalue weighted by atomic mass is 9.94. The summed E-state index contributed by atoms with van der Waals surface area (Å²) < 4.78 is 5.15. The van der Waals surface area contributed by atoms with Gasteiger partial charge in [-0.3, -0.25) is 4.79 Å². The zero-order valence-electron chi connectivity index (χ0n) is 12.8. The van der Waals surface area contributed by atoms with Gasteiger partial charge in [0.2, 0.25) is 0 Å². The van der Waals surface area contributed by atoms with Crippen LogP contribution in [0.1, 0.15) is 39.0 Å². The van der Waals surface area contributed by atoms with E-state index in [0.29, 0.717) is 12.5 Å². The first-order valence-corrected chi connectivity index (χ1v) is 7.67. The lowest BCUT2D eigenvalue weighted by molar-refractivity contribution is -0.151. The predicted octanol–water partition coefficient (Wildman–Crippen LogP) is 1.03. The molecule has 5 heteroatoms. The number of likely N-dealkylation sites (N-methyl/N-ethyl adjacent to an activating group) is 1. The lowest BCUT2D eigenvalue weighted by Gasteiger charge is -2.23. The molecule has 0 bridgehead atoms. The van der Waals surface area contributed by atoms with Crippen molar-refractivity contribution in [3.63, 3.8) is 0 Å². The number of ether oxygens (including phenoxy) is 1. The van der Waals surface area contributed by atoms with Gasteiger partial charge in [-0.25, -0.2) is 0 Å². The van der Waals surface area contributed by atoms with Crippen LogP contribution in [0.2, 0.25) is 0 Å². The van der Waals surface area contributed by atoms with E-state index in [4.69, 9.17) is 4.74 Å². The van der Waals surface area contributed by atoms with Crippen molar-refractivity contribution in [3.05, 3.63) is 0 Å². The number of cyclic esters (lactones) is 1. The molecule has 1 rings (SSSR count). The van der Waals surface area contributed by atoms with Crippen LogP contribution in [0.3, 0.4) is 0 Å². The van der Waals surface area contributed by atoms with Crippen molar-refractivity contribution in [2.24, 2.45) is 11.8 Å². The third-order valence-corrected chi connectivity index (χ3v) is 4.00. The first kappa shape index (κ1) is 17.4. The molecule has 1 fully saturated rings. The van der Waals surface area contributed by atoms with Gasteiger partial charge in [0.15, 0.2) is 0 Å². The molecule has 2 N–H and O–H groups in total. The van der Waals surface area contributed by atoms with E-state index in [1.165, 1.54) is 0 Å². The molecule has 3 atom stereocenters. The summed E-state index contributed by atoms with van der Waals surface area (Å²) in [7, 11) is 1.95. The van der Waals surface area contributed by atoms with Gasteiger partial charge in [-0.1, -0.05) is 13.3 Å². The Hall–Kier alpha value is -0.650. The maximum atomic E-state index is 11.8. The average molecular weight is 287 g/mol. The molecular weight excluding hydrogens is 258 g/mol. The van der Waals surface area contributed by atoms with E-state index in [9.17, 15) is 15.0 Å². The molecule has 0 amide bonds. The van der Waals surface area contributed by atoms with E-state index in [2.05, 4.69) is 0 Å². The van der Waals surface area contributed by atoms with E-state index < -0.39 is 6.10 Å². The Morgan fingerprint density at radius 3 is 2.70 bits per heavy atom. The van der Waals surface area contributed by atoms with Crippen LogP contribution in [-0.2, 0) is 9.53 Å². The largest absolute Gasteiger partial charge is 0.463 e. The molecule has 20 heavy (non-hydrogen) atoms.